The van der Waals surface area contributed by atoms with Crippen molar-refractivity contribution in [1.29, 1.82) is 0 Å². The van der Waals surface area contributed by atoms with Gasteiger partial charge in [0.25, 0.3) is 0 Å². The Bertz CT molecular complexity index is 1220. The number of nitrogens with one attached hydrogen (secondary N) is 4. The molecule has 0 spiro atoms. The van der Waals surface area contributed by atoms with Gasteiger partial charge in [-0.25, -0.2) is 9.97 Å². The number of carbonyl (C=O) groups is 1. The van der Waals surface area contributed by atoms with E-state index in [-0.39, 0.29) is 11.9 Å². The van der Waals surface area contributed by atoms with Crippen molar-refractivity contribution in [2.45, 2.75) is 25.4 Å². The number of benzene rings is 1. The number of carbonyl (C=O) groups excluding carboxylic acids is 1. The summed E-state index contributed by atoms with van der Waals surface area (Å²) in [6.45, 7) is 1.46. The van der Waals surface area contributed by atoms with Gasteiger partial charge in [-0.2, -0.15) is 0 Å². The lowest BCUT2D eigenvalue weighted by Crippen LogP contribution is -2.39. The van der Waals surface area contributed by atoms with Gasteiger partial charge in [-0.05, 0) is 36.6 Å². The Morgan fingerprint density at radius 2 is 2.13 bits per heavy atom. The van der Waals surface area contributed by atoms with E-state index in [9.17, 15) is 4.79 Å². The van der Waals surface area contributed by atoms with Gasteiger partial charge in [0.15, 0.2) is 5.82 Å². The maximum atomic E-state index is 12.2. The Kier molecular flexibility index (Phi) is 4.63. The van der Waals surface area contributed by atoms with Gasteiger partial charge in [0.2, 0.25) is 5.91 Å². The molecule has 0 bridgehead atoms. The quantitative estimate of drug-likeness (QED) is 0.410. The topological polar surface area (TPSA) is 99.7 Å². The molecule has 3 aromatic heterocycles. The monoisotopic (exact) mass is 403 g/mol. The first-order valence-electron chi connectivity index (χ1n) is 10.3. The summed E-state index contributed by atoms with van der Waals surface area (Å²) in [4.78, 5) is 24.8. The number of aryl methyl sites for hydroxylation is 1. The predicted octanol–water partition coefficient (Wildman–Crippen LogP) is 2.53. The third-order valence-electron chi connectivity index (χ3n) is 5.78. The Labute approximate surface area is 174 Å². The Morgan fingerprint density at radius 1 is 1.30 bits per heavy atom. The van der Waals surface area contributed by atoms with Crippen LogP contribution in [0.5, 0.6) is 0 Å². The highest BCUT2D eigenvalue weighted by Gasteiger charge is 2.21. The summed E-state index contributed by atoms with van der Waals surface area (Å²) in [6, 6.07) is 10.3. The molecular formula is C22H25N7O. The number of rotatable bonds is 5. The van der Waals surface area contributed by atoms with Crippen molar-refractivity contribution in [3.05, 3.63) is 42.2 Å². The lowest BCUT2D eigenvalue weighted by molar-refractivity contribution is -0.122. The van der Waals surface area contributed by atoms with Crippen LogP contribution in [-0.2, 0) is 18.4 Å². The number of fused-ring (bicyclic) bond motifs is 3. The molecule has 1 amide bonds. The van der Waals surface area contributed by atoms with E-state index in [2.05, 4.69) is 61.2 Å². The predicted molar refractivity (Wildman–Crippen MR) is 118 cm³/mol. The maximum Gasteiger partial charge on any atom is 0.237 e. The fourth-order valence-electron chi connectivity index (χ4n) is 4.15. The van der Waals surface area contributed by atoms with Gasteiger partial charge < -0.3 is 25.5 Å². The molecule has 1 aliphatic heterocycles. The molecule has 8 heteroatoms. The molecule has 4 N–H and O–H groups in total. The summed E-state index contributed by atoms with van der Waals surface area (Å²) < 4.78 is 2.02. The van der Waals surface area contributed by atoms with Crippen molar-refractivity contribution >= 4 is 33.8 Å². The van der Waals surface area contributed by atoms with Crippen molar-refractivity contribution < 1.29 is 4.79 Å². The molecule has 4 aromatic rings. The van der Waals surface area contributed by atoms with Crippen molar-refractivity contribution in [3.8, 4) is 11.3 Å². The van der Waals surface area contributed by atoms with Crippen molar-refractivity contribution in [2.75, 3.05) is 18.9 Å². The van der Waals surface area contributed by atoms with E-state index in [4.69, 9.17) is 0 Å². The van der Waals surface area contributed by atoms with E-state index in [1.54, 1.807) is 0 Å². The van der Waals surface area contributed by atoms with E-state index < -0.39 is 0 Å². The average molecular weight is 403 g/mol. The van der Waals surface area contributed by atoms with E-state index >= 15 is 0 Å². The molecule has 1 saturated heterocycles. The van der Waals surface area contributed by atoms with E-state index in [0.717, 1.165) is 64.1 Å². The average Bonchev–Trinajstić information content (AvgIpc) is 3.51. The number of hydrogen-bond donors (Lipinski definition) is 4. The number of anilines is 1. The third-order valence-corrected chi connectivity index (χ3v) is 5.78. The van der Waals surface area contributed by atoms with E-state index in [1.165, 1.54) is 0 Å². The molecule has 1 aromatic carbocycles. The lowest BCUT2D eigenvalue weighted by Gasteiger charge is -2.11. The summed E-state index contributed by atoms with van der Waals surface area (Å²) in [5.74, 6) is 0.841. The van der Waals surface area contributed by atoms with Crippen LogP contribution >= 0.6 is 0 Å². The van der Waals surface area contributed by atoms with Crippen molar-refractivity contribution in [3.63, 3.8) is 0 Å². The van der Waals surface area contributed by atoms with Crippen LogP contribution in [-0.4, -0.2) is 45.1 Å². The van der Waals surface area contributed by atoms with Crippen LogP contribution in [0.15, 0.2) is 36.7 Å². The van der Waals surface area contributed by atoms with E-state index in [1.807, 2.05) is 25.0 Å². The number of aromatic nitrogens is 4. The highest BCUT2D eigenvalue weighted by Crippen LogP contribution is 2.31. The summed E-state index contributed by atoms with van der Waals surface area (Å²) >= 11 is 0. The minimum Gasteiger partial charge on any atom is -0.371 e. The van der Waals surface area contributed by atoms with Gasteiger partial charge in [-0.1, -0.05) is 24.3 Å². The summed E-state index contributed by atoms with van der Waals surface area (Å²) in [6.07, 6.45) is 3.79. The van der Waals surface area contributed by atoms with Gasteiger partial charge in [0.1, 0.15) is 11.2 Å². The normalized spacial score (nSPS) is 16.4. The van der Waals surface area contributed by atoms with Gasteiger partial charge in [-0.3, -0.25) is 4.79 Å². The molecule has 1 aliphatic rings. The molecule has 30 heavy (non-hydrogen) atoms. The van der Waals surface area contributed by atoms with Gasteiger partial charge >= 0.3 is 0 Å². The Hall–Kier alpha value is -3.39. The number of imidazole rings is 1. The van der Waals surface area contributed by atoms with Crippen LogP contribution in [0.2, 0.25) is 0 Å². The highest BCUT2D eigenvalue weighted by atomic mass is 16.2. The number of hydrogen-bond acceptors (Lipinski definition) is 5. The van der Waals surface area contributed by atoms with Crippen LogP contribution < -0.4 is 16.0 Å². The fraction of sp³-hybridized carbons (Fsp3) is 0.318. The zero-order chi connectivity index (χ0) is 20.7. The molecule has 5 rings (SSSR count). The van der Waals surface area contributed by atoms with Crippen LogP contribution in [0.25, 0.3) is 33.3 Å². The first kappa shape index (κ1) is 18.6. The SMILES string of the molecule is CNc1nc2[nH]c(-c3ccc(CNC(=O)[C@@H]4CCCN4)cc3)cc2c2c1ncn2C. The fourth-order valence-corrected chi connectivity index (χ4v) is 4.15. The molecule has 8 nitrogen and oxygen atoms in total. The van der Waals surface area contributed by atoms with Crippen LogP contribution in [0.3, 0.4) is 0 Å². The van der Waals surface area contributed by atoms with Gasteiger partial charge in [0, 0.05) is 31.7 Å². The van der Waals surface area contributed by atoms with Crippen LogP contribution in [0.1, 0.15) is 18.4 Å². The second kappa shape index (κ2) is 7.46. The summed E-state index contributed by atoms with van der Waals surface area (Å²) in [5, 5.41) is 10.4. The van der Waals surface area contributed by atoms with E-state index in [0.29, 0.717) is 6.54 Å². The first-order valence-corrected chi connectivity index (χ1v) is 10.3. The number of amides is 1. The van der Waals surface area contributed by atoms with Crippen molar-refractivity contribution in [1.82, 2.24) is 30.2 Å². The molecular weight excluding hydrogens is 378 g/mol. The largest absolute Gasteiger partial charge is 0.371 e. The second-order valence-electron chi connectivity index (χ2n) is 7.77. The highest BCUT2D eigenvalue weighted by molar-refractivity contribution is 6.07. The molecule has 154 valence electrons. The smallest absolute Gasteiger partial charge is 0.237 e. The minimum atomic E-state index is -0.0468. The number of aromatic amines is 1. The second-order valence-corrected chi connectivity index (χ2v) is 7.77. The third kappa shape index (κ3) is 3.19. The Balaban J connectivity index is 1.39. The zero-order valence-electron chi connectivity index (χ0n) is 17.1. The van der Waals surface area contributed by atoms with Gasteiger partial charge in [0.05, 0.1) is 17.9 Å². The molecule has 0 unspecified atom stereocenters. The van der Waals surface area contributed by atoms with Crippen LogP contribution in [0, 0.1) is 0 Å². The Morgan fingerprint density at radius 3 is 2.87 bits per heavy atom. The molecule has 1 atom stereocenters. The number of nitrogens with zero attached hydrogens (tertiary/aromatic N) is 3. The lowest BCUT2D eigenvalue weighted by atomic mass is 10.1. The zero-order valence-corrected chi connectivity index (χ0v) is 17.1. The standard InChI is InChI=1S/C22H25N7O/c1-23-21-18-19(29(2)12-26-18)15-10-17(27-20(15)28-21)14-7-5-13(6-8-14)11-25-22(30)16-4-3-9-24-16/h5-8,10,12,16,24H,3-4,9,11H2,1-2H3,(H,25,30)(H2,23,27,28)/t16-/m0/s1. The first-order chi connectivity index (χ1) is 14.6. The molecule has 4 heterocycles. The molecule has 0 saturated carbocycles. The maximum absolute atomic E-state index is 12.2. The summed E-state index contributed by atoms with van der Waals surface area (Å²) in [5.41, 5.74) is 5.88. The number of pyridine rings is 1. The molecule has 1 fully saturated rings. The molecule has 0 radical (unpaired) electrons. The summed E-state index contributed by atoms with van der Waals surface area (Å²) in [7, 11) is 3.84. The minimum absolute atomic E-state index is 0.0468. The number of H-pyrrole nitrogens is 1. The molecule has 0 aliphatic carbocycles. The van der Waals surface area contributed by atoms with Crippen molar-refractivity contribution in [2.24, 2.45) is 7.05 Å². The van der Waals surface area contributed by atoms with Crippen LogP contribution in [0.4, 0.5) is 5.82 Å². The van der Waals surface area contributed by atoms with Gasteiger partial charge in [-0.15, -0.1) is 0 Å².